The monoisotopic (exact) mass is 296 g/mol. The van der Waals surface area contributed by atoms with Crippen molar-refractivity contribution < 1.29 is 14.7 Å². The molecule has 2 amide bonds. The molecular weight excluding hydrogens is 268 g/mol. The van der Waals surface area contributed by atoms with Gasteiger partial charge in [0, 0.05) is 12.1 Å². The zero-order valence-electron chi connectivity index (χ0n) is 13.3. The summed E-state index contributed by atoms with van der Waals surface area (Å²) in [7, 11) is 0. The summed E-state index contributed by atoms with van der Waals surface area (Å²) in [5, 5.41) is 14.9. The standard InChI is InChI=1S/C16H28N2O3/c1-16(2,3)9-12(8-14(19)20)17-15(21)18-13-7-10-4-5-11(13)6-10/h10-13H,4-9H2,1-3H3,(H,19,20)(H2,17,18,21). The highest BCUT2D eigenvalue weighted by atomic mass is 16.4. The Balaban J connectivity index is 1.83. The molecular formula is C16H28N2O3. The number of carboxylic acids is 1. The van der Waals surface area contributed by atoms with Crippen LogP contribution in [0.3, 0.4) is 0 Å². The van der Waals surface area contributed by atoms with E-state index in [0.29, 0.717) is 12.3 Å². The summed E-state index contributed by atoms with van der Waals surface area (Å²) in [4.78, 5) is 23.1. The molecule has 0 aromatic rings. The lowest BCUT2D eigenvalue weighted by molar-refractivity contribution is -0.137. The summed E-state index contributed by atoms with van der Waals surface area (Å²) < 4.78 is 0. The van der Waals surface area contributed by atoms with E-state index < -0.39 is 5.97 Å². The Morgan fingerprint density at radius 2 is 1.95 bits per heavy atom. The Morgan fingerprint density at radius 1 is 1.24 bits per heavy atom. The highest BCUT2D eigenvalue weighted by Gasteiger charge is 2.40. The van der Waals surface area contributed by atoms with Crippen molar-refractivity contribution in [1.82, 2.24) is 10.6 Å². The third-order valence-corrected chi connectivity index (χ3v) is 4.67. The lowest BCUT2D eigenvalue weighted by Gasteiger charge is -2.28. The van der Waals surface area contributed by atoms with Gasteiger partial charge in [-0.1, -0.05) is 27.2 Å². The van der Waals surface area contributed by atoms with Gasteiger partial charge in [0.2, 0.25) is 0 Å². The van der Waals surface area contributed by atoms with E-state index in [1.165, 1.54) is 19.3 Å². The highest BCUT2D eigenvalue weighted by Crippen LogP contribution is 2.44. The molecule has 4 atom stereocenters. The molecule has 0 radical (unpaired) electrons. The molecule has 0 aromatic carbocycles. The Bertz CT molecular complexity index is 403. The Morgan fingerprint density at radius 3 is 2.43 bits per heavy atom. The molecule has 3 N–H and O–H groups in total. The number of fused-ring (bicyclic) bond motifs is 2. The molecule has 5 nitrogen and oxygen atoms in total. The maximum atomic E-state index is 12.1. The maximum Gasteiger partial charge on any atom is 0.315 e. The maximum absolute atomic E-state index is 12.1. The topological polar surface area (TPSA) is 78.4 Å². The molecule has 21 heavy (non-hydrogen) atoms. The molecule has 2 bridgehead atoms. The zero-order chi connectivity index (χ0) is 15.6. The first-order valence-electron chi connectivity index (χ1n) is 8.02. The van der Waals surface area contributed by atoms with E-state index in [1.54, 1.807) is 0 Å². The SMILES string of the molecule is CC(C)(C)CC(CC(=O)O)NC(=O)NC1CC2CCC1C2. The lowest BCUT2D eigenvalue weighted by Crippen LogP contribution is -2.49. The molecule has 2 fully saturated rings. The Hall–Kier alpha value is -1.26. The molecule has 120 valence electrons. The van der Waals surface area contributed by atoms with Gasteiger partial charge in [-0.05, 0) is 42.9 Å². The molecule has 0 heterocycles. The first-order chi connectivity index (χ1) is 9.73. The van der Waals surface area contributed by atoms with Crippen molar-refractivity contribution in [1.29, 1.82) is 0 Å². The average Bonchev–Trinajstić information content (AvgIpc) is 2.86. The van der Waals surface area contributed by atoms with E-state index in [9.17, 15) is 9.59 Å². The van der Waals surface area contributed by atoms with E-state index >= 15 is 0 Å². The summed E-state index contributed by atoms with van der Waals surface area (Å²) in [5.41, 5.74) is -0.0141. The van der Waals surface area contributed by atoms with Gasteiger partial charge in [-0.15, -0.1) is 0 Å². The van der Waals surface area contributed by atoms with Crippen LogP contribution in [-0.2, 0) is 4.79 Å². The van der Waals surface area contributed by atoms with E-state index in [2.05, 4.69) is 31.4 Å². The van der Waals surface area contributed by atoms with Crippen molar-refractivity contribution in [2.45, 2.75) is 71.4 Å². The predicted octanol–water partition coefficient (Wildman–Crippen LogP) is 2.75. The van der Waals surface area contributed by atoms with Crippen LogP contribution >= 0.6 is 0 Å². The molecule has 0 aromatic heterocycles. The third-order valence-electron chi connectivity index (χ3n) is 4.67. The van der Waals surface area contributed by atoms with E-state index in [1.807, 2.05) is 0 Å². The summed E-state index contributed by atoms with van der Waals surface area (Å²) in [6, 6.07) is -0.243. The number of aliphatic carboxylic acids is 1. The van der Waals surface area contributed by atoms with Crippen molar-refractivity contribution in [3.05, 3.63) is 0 Å². The van der Waals surface area contributed by atoms with E-state index in [0.717, 1.165) is 12.3 Å². The van der Waals surface area contributed by atoms with Gasteiger partial charge in [0.1, 0.15) is 0 Å². The van der Waals surface area contributed by atoms with Crippen LogP contribution in [0.5, 0.6) is 0 Å². The fourth-order valence-corrected chi connectivity index (χ4v) is 3.94. The molecule has 0 saturated heterocycles. The van der Waals surface area contributed by atoms with Crippen molar-refractivity contribution in [2.75, 3.05) is 0 Å². The lowest BCUT2D eigenvalue weighted by atomic mass is 9.87. The van der Waals surface area contributed by atoms with Gasteiger partial charge in [-0.2, -0.15) is 0 Å². The molecule has 4 unspecified atom stereocenters. The number of carboxylic acid groups (broad SMARTS) is 1. The molecule has 2 rings (SSSR count). The summed E-state index contributed by atoms with van der Waals surface area (Å²) in [6.07, 6.45) is 5.48. The van der Waals surface area contributed by atoms with Crippen LogP contribution in [0.1, 0.15) is 59.3 Å². The number of carbonyl (C=O) groups excluding carboxylic acids is 1. The minimum Gasteiger partial charge on any atom is -0.481 e. The van der Waals surface area contributed by atoms with Gasteiger partial charge in [0.15, 0.2) is 0 Å². The molecule has 0 aliphatic heterocycles. The van der Waals surface area contributed by atoms with Crippen LogP contribution in [0, 0.1) is 17.3 Å². The van der Waals surface area contributed by atoms with E-state index in [-0.39, 0.29) is 30.0 Å². The number of amides is 2. The number of nitrogens with one attached hydrogen (secondary N) is 2. The van der Waals surface area contributed by atoms with Crippen molar-refractivity contribution in [3.63, 3.8) is 0 Å². The number of hydrogen-bond acceptors (Lipinski definition) is 2. The van der Waals surface area contributed by atoms with Crippen molar-refractivity contribution in [2.24, 2.45) is 17.3 Å². The molecule has 5 heteroatoms. The summed E-state index contributed by atoms with van der Waals surface area (Å²) >= 11 is 0. The van der Waals surface area contributed by atoms with Crippen LogP contribution in [0.15, 0.2) is 0 Å². The smallest absolute Gasteiger partial charge is 0.315 e. The van der Waals surface area contributed by atoms with Crippen LogP contribution in [0.25, 0.3) is 0 Å². The fourth-order valence-electron chi connectivity index (χ4n) is 3.94. The van der Waals surface area contributed by atoms with Crippen LogP contribution < -0.4 is 10.6 Å². The highest BCUT2D eigenvalue weighted by molar-refractivity contribution is 5.76. The first kappa shape index (κ1) is 16.1. The number of rotatable bonds is 5. The van der Waals surface area contributed by atoms with Crippen molar-refractivity contribution in [3.8, 4) is 0 Å². The molecule has 2 saturated carbocycles. The molecule has 0 spiro atoms. The summed E-state index contributed by atoms with van der Waals surface area (Å²) in [6.45, 7) is 6.16. The first-order valence-corrected chi connectivity index (χ1v) is 8.02. The predicted molar refractivity (Wildman–Crippen MR) is 81.0 cm³/mol. The van der Waals surface area contributed by atoms with Gasteiger partial charge < -0.3 is 15.7 Å². The van der Waals surface area contributed by atoms with Gasteiger partial charge in [-0.25, -0.2) is 4.79 Å². The van der Waals surface area contributed by atoms with Crippen LogP contribution in [0.2, 0.25) is 0 Å². The minimum absolute atomic E-state index is 0.0141. The number of hydrogen-bond donors (Lipinski definition) is 3. The molecule has 2 aliphatic rings. The van der Waals surface area contributed by atoms with E-state index in [4.69, 9.17) is 5.11 Å². The number of urea groups is 1. The largest absolute Gasteiger partial charge is 0.481 e. The Labute approximate surface area is 126 Å². The van der Waals surface area contributed by atoms with Gasteiger partial charge in [0.05, 0.1) is 6.42 Å². The Kier molecular flexibility index (Phi) is 4.79. The summed E-state index contributed by atoms with van der Waals surface area (Å²) in [5.74, 6) is 0.537. The second-order valence-corrected chi connectivity index (χ2v) is 7.96. The fraction of sp³-hybridized carbons (Fsp3) is 0.875. The quantitative estimate of drug-likeness (QED) is 0.730. The van der Waals surface area contributed by atoms with Crippen molar-refractivity contribution >= 4 is 12.0 Å². The second kappa shape index (κ2) is 6.24. The van der Waals surface area contributed by atoms with Gasteiger partial charge >= 0.3 is 12.0 Å². The minimum atomic E-state index is -0.871. The zero-order valence-corrected chi connectivity index (χ0v) is 13.3. The van der Waals surface area contributed by atoms with Gasteiger partial charge in [-0.3, -0.25) is 4.79 Å². The van der Waals surface area contributed by atoms with Crippen LogP contribution in [0.4, 0.5) is 4.79 Å². The number of carbonyl (C=O) groups is 2. The van der Waals surface area contributed by atoms with Crippen LogP contribution in [-0.4, -0.2) is 29.2 Å². The second-order valence-electron chi connectivity index (χ2n) is 7.96. The normalized spacial score (nSPS) is 29.2. The van der Waals surface area contributed by atoms with Gasteiger partial charge in [0.25, 0.3) is 0 Å². The molecule has 2 aliphatic carbocycles. The average molecular weight is 296 g/mol. The third kappa shape index (κ3) is 4.90.